The highest BCUT2D eigenvalue weighted by Crippen LogP contribution is 1.99. The van der Waals surface area contributed by atoms with E-state index in [9.17, 15) is 4.79 Å². The maximum absolute atomic E-state index is 10.8. The van der Waals surface area contributed by atoms with Gasteiger partial charge in [0.05, 0.1) is 7.11 Å². The average molecular weight is 150 g/mol. The summed E-state index contributed by atoms with van der Waals surface area (Å²) in [6.07, 6.45) is 1.52. The van der Waals surface area contributed by atoms with E-state index in [0.29, 0.717) is 5.69 Å². The molecule has 0 bridgehead atoms. The number of ether oxygens (including phenoxy) is 1. The normalized spacial score (nSPS) is 9.27. The zero-order valence-corrected chi connectivity index (χ0v) is 6.20. The van der Waals surface area contributed by atoms with E-state index in [1.54, 1.807) is 12.1 Å². The Bertz CT molecular complexity index is 253. The molecule has 11 heavy (non-hydrogen) atoms. The molecule has 1 heterocycles. The van der Waals surface area contributed by atoms with Gasteiger partial charge in [0.1, 0.15) is 5.69 Å². The van der Waals surface area contributed by atoms with Crippen molar-refractivity contribution in [3.8, 4) is 0 Å². The van der Waals surface area contributed by atoms with Gasteiger partial charge in [-0.2, -0.15) is 0 Å². The summed E-state index contributed by atoms with van der Waals surface area (Å²) < 4.78 is 4.45. The number of rotatable bonds is 1. The van der Waals surface area contributed by atoms with Crippen molar-refractivity contribution in [2.45, 2.75) is 0 Å². The van der Waals surface area contributed by atoms with Gasteiger partial charge in [0.15, 0.2) is 0 Å². The molecule has 1 aromatic rings. The SMILES string of the molecule is [CH2]c1ccc(C(=O)OC)nc1. The Morgan fingerprint density at radius 2 is 2.36 bits per heavy atom. The molecule has 0 fully saturated rings. The van der Waals surface area contributed by atoms with E-state index in [4.69, 9.17) is 0 Å². The topological polar surface area (TPSA) is 39.2 Å². The first kappa shape index (κ1) is 7.72. The van der Waals surface area contributed by atoms with Crippen molar-refractivity contribution in [1.82, 2.24) is 4.98 Å². The van der Waals surface area contributed by atoms with Crippen molar-refractivity contribution < 1.29 is 9.53 Å². The van der Waals surface area contributed by atoms with Crippen molar-refractivity contribution in [3.63, 3.8) is 0 Å². The predicted octanol–water partition coefficient (Wildman–Crippen LogP) is 1.05. The quantitative estimate of drug-likeness (QED) is 0.562. The smallest absolute Gasteiger partial charge is 0.356 e. The molecule has 0 atom stereocenters. The van der Waals surface area contributed by atoms with Crippen LogP contribution in [0.5, 0.6) is 0 Å². The largest absolute Gasteiger partial charge is 0.464 e. The van der Waals surface area contributed by atoms with Crippen LogP contribution in [0.25, 0.3) is 0 Å². The molecule has 0 saturated heterocycles. The van der Waals surface area contributed by atoms with Crippen LogP contribution in [-0.4, -0.2) is 18.1 Å². The van der Waals surface area contributed by atoms with Gasteiger partial charge in [0.25, 0.3) is 0 Å². The van der Waals surface area contributed by atoms with E-state index in [2.05, 4.69) is 16.6 Å². The van der Waals surface area contributed by atoms with Crippen LogP contribution in [0, 0.1) is 6.92 Å². The fourth-order valence-corrected chi connectivity index (χ4v) is 0.650. The molecule has 0 amide bonds. The number of carbonyl (C=O) groups excluding carboxylic acids is 1. The van der Waals surface area contributed by atoms with Crippen LogP contribution in [0.4, 0.5) is 0 Å². The zero-order chi connectivity index (χ0) is 8.27. The van der Waals surface area contributed by atoms with E-state index < -0.39 is 5.97 Å². The number of methoxy groups -OCH3 is 1. The summed E-state index contributed by atoms with van der Waals surface area (Å²) in [6.45, 7) is 3.63. The van der Waals surface area contributed by atoms with Crippen molar-refractivity contribution in [2.75, 3.05) is 7.11 Å². The molecular weight excluding hydrogens is 142 g/mol. The standard InChI is InChI=1S/C8H8NO2/c1-6-3-4-7(9-5-6)8(10)11-2/h3-5H,1H2,2H3. The minimum Gasteiger partial charge on any atom is -0.464 e. The summed E-state index contributed by atoms with van der Waals surface area (Å²) in [7, 11) is 1.32. The summed E-state index contributed by atoms with van der Waals surface area (Å²) in [5.74, 6) is -0.426. The molecule has 1 aromatic heterocycles. The van der Waals surface area contributed by atoms with E-state index in [0.717, 1.165) is 5.56 Å². The Kier molecular flexibility index (Phi) is 2.21. The Labute approximate surface area is 65.0 Å². The highest BCUT2D eigenvalue weighted by atomic mass is 16.5. The molecule has 0 aliphatic rings. The molecule has 0 spiro atoms. The second kappa shape index (κ2) is 3.14. The fourth-order valence-electron chi connectivity index (χ4n) is 0.650. The summed E-state index contributed by atoms with van der Waals surface area (Å²) in [5.41, 5.74) is 1.08. The second-order valence-electron chi connectivity index (χ2n) is 2.04. The van der Waals surface area contributed by atoms with Crippen LogP contribution < -0.4 is 0 Å². The number of pyridine rings is 1. The molecule has 3 nitrogen and oxygen atoms in total. The molecule has 3 heteroatoms. The Hall–Kier alpha value is -1.38. The lowest BCUT2D eigenvalue weighted by Crippen LogP contribution is -2.03. The molecular formula is C8H8NO2. The summed E-state index contributed by atoms with van der Waals surface area (Å²) in [6, 6.07) is 3.29. The number of hydrogen-bond acceptors (Lipinski definition) is 3. The van der Waals surface area contributed by atoms with E-state index in [1.807, 2.05) is 0 Å². The van der Waals surface area contributed by atoms with Crippen molar-refractivity contribution in [2.24, 2.45) is 0 Å². The highest BCUT2D eigenvalue weighted by Gasteiger charge is 2.04. The van der Waals surface area contributed by atoms with Gasteiger partial charge >= 0.3 is 5.97 Å². The van der Waals surface area contributed by atoms with Crippen molar-refractivity contribution >= 4 is 5.97 Å². The molecule has 1 radical (unpaired) electrons. The Morgan fingerprint density at radius 1 is 1.64 bits per heavy atom. The molecule has 57 valence electrons. The number of aromatic nitrogens is 1. The second-order valence-corrected chi connectivity index (χ2v) is 2.04. The molecule has 0 saturated carbocycles. The first-order valence-corrected chi connectivity index (χ1v) is 3.10. The van der Waals surface area contributed by atoms with Gasteiger partial charge in [0.2, 0.25) is 0 Å². The molecule has 1 rings (SSSR count). The molecule has 0 aliphatic carbocycles. The first-order valence-electron chi connectivity index (χ1n) is 3.10. The number of esters is 1. The number of nitrogens with zero attached hydrogens (tertiary/aromatic N) is 1. The van der Waals surface area contributed by atoms with Crippen LogP contribution in [0.3, 0.4) is 0 Å². The average Bonchev–Trinajstić information content (AvgIpc) is 2.05. The third kappa shape index (κ3) is 1.77. The van der Waals surface area contributed by atoms with Gasteiger partial charge in [0, 0.05) is 6.20 Å². The van der Waals surface area contributed by atoms with Crippen LogP contribution in [0.1, 0.15) is 16.1 Å². The van der Waals surface area contributed by atoms with Gasteiger partial charge in [-0.1, -0.05) is 6.07 Å². The predicted molar refractivity (Wildman–Crippen MR) is 40.0 cm³/mol. The van der Waals surface area contributed by atoms with Gasteiger partial charge < -0.3 is 4.74 Å². The monoisotopic (exact) mass is 150 g/mol. The minimum absolute atomic E-state index is 0.305. The number of carbonyl (C=O) groups is 1. The third-order valence-electron chi connectivity index (χ3n) is 1.22. The minimum atomic E-state index is -0.426. The van der Waals surface area contributed by atoms with Gasteiger partial charge in [-0.05, 0) is 18.6 Å². The Balaban J connectivity index is 2.90. The number of hydrogen-bond donors (Lipinski definition) is 0. The van der Waals surface area contributed by atoms with Crippen LogP contribution >= 0.6 is 0 Å². The summed E-state index contributed by atoms with van der Waals surface area (Å²) in [4.78, 5) is 14.6. The first-order chi connectivity index (χ1) is 5.24. The lowest BCUT2D eigenvalue weighted by atomic mass is 10.3. The lowest BCUT2D eigenvalue weighted by molar-refractivity contribution is 0.0594. The highest BCUT2D eigenvalue weighted by molar-refractivity contribution is 5.86. The van der Waals surface area contributed by atoms with Crippen LogP contribution in [0.15, 0.2) is 18.3 Å². The molecule has 0 N–H and O–H groups in total. The van der Waals surface area contributed by atoms with Crippen molar-refractivity contribution in [3.05, 3.63) is 36.5 Å². The molecule has 0 unspecified atom stereocenters. The Morgan fingerprint density at radius 3 is 2.82 bits per heavy atom. The van der Waals surface area contributed by atoms with Crippen LogP contribution in [0.2, 0.25) is 0 Å². The zero-order valence-electron chi connectivity index (χ0n) is 6.20. The molecule has 0 aliphatic heterocycles. The van der Waals surface area contributed by atoms with Crippen molar-refractivity contribution in [1.29, 1.82) is 0 Å². The van der Waals surface area contributed by atoms with E-state index in [1.165, 1.54) is 13.3 Å². The van der Waals surface area contributed by atoms with E-state index >= 15 is 0 Å². The molecule has 0 aromatic carbocycles. The van der Waals surface area contributed by atoms with Gasteiger partial charge in [-0.25, -0.2) is 9.78 Å². The summed E-state index contributed by atoms with van der Waals surface area (Å²) in [5, 5.41) is 0. The summed E-state index contributed by atoms with van der Waals surface area (Å²) >= 11 is 0. The van der Waals surface area contributed by atoms with E-state index in [-0.39, 0.29) is 0 Å². The fraction of sp³-hybridized carbons (Fsp3) is 0.125. The maximum atomic E-state index is 10.8. The lowest BCUT2D eigenvalue weighted by Gasteiger charge is -1.96. The van der Waals surface area contributed by atoms with Gasteiger partial charge in [-0.15, -0.1) is 0 Å². The third-order valence-corrected chi connectivity index (χ3v) is 1.22. The van der Waals surface area contributed by atoms with Gasteiger partial charge in [-0.3, -0.25) is 0 Å². The van der Waals surface area contributed by atoms with Crippen LogP contribution in [-0.2, 0) is 4.74 Å². The maximum Gasteiger partial charge on any atom is 0.356 e.